The lowest BCUT2D eigenvalue weighted by atomic mass is 10.0. The molecule has 1 aromatic rings. The van der Waals surface area contributed by atoms with Crippen molar-refractivity contribution >= 4 is 5.95 Å². The average molecular weight is 283 g/mol. The maximum absolute atomic E-state index is 5.65. The number of unbranched alkanes of at least 4 members (excludes halogenated alkanes) is 1. The molecular formula is C13H25N5O2. The minimum absolute atomic E-state index is 0.215. The lowest BCUT2D eigenvalue weighted by Crippen LogP contribution is -2.16. The van der Waals surface area contributed by atoms with E-state index in [-0.39, 0.29) is 18.0 Å². The number of nitrogen functional groups attached to an aromatic ring is 1. The average Bonchev–Trinajstić information content (AvgIpc) is 2.47. The second-order valence-electron chi connectivity index (χ2n) is 4.53. The summed E-state index contributed by atoms with van der Waals surface area (Å²) in [6, 6.07) is 0.457. The van der Waals surface area contributed by atoms with Gasteiger partial charge in [0.1, 0.15) is 0 Å². The summed E-state index contributed by atoms with van der Waals surface area (Å²) in [4.78, 5) is 12.1. The molecule has 0 aliphatic carbocycles. The Balaban J connectivity index is 2.63. The highest BCUT2D eigenvalue weighted by Gasteiger charge is 2.11. The molecule has 0 aliphatic rings. The Morgan fingerprint density at radius 1 is 1.10 bits per heavy atom. The number of aromatic nitrogens is 3. The molecular weight excluding hydrogens is 258 g/mol. The molecule has 0 aliphatic heterocycles. The van der Waals surface area contributed by atoms with Crippen LogP contribution in [0.15, 0.2) is 0 Å². The number of anilines is 1. The third kappa shape index (κ3) is 5.56. The number of nitrogens with zero attached hydrogens (tertiary/aromatic N) is 3. The van der Waals surface area contributed by atoms with Gasteiger partial charge in [-0.15, -0.1) is 4.98 Å². The fourth-order valence-corrected chi connectivity index (χ4v) is 1.75. The zero-order valence-corrected chi connectivity index (χ0v) is 12.6. The second-order valence-corrected chi connectivity index (χ2v) is 4.53. The van der Waals surface area contributed by atoms with Crippen molar-refractivity contribution in [3.63, 3.8) is 0 Å². The van der Waals surface area contributed by atoms with Crippen molar-refractivity contribution in [2.45, 2.75) is 46.5 Å². The van der Waals surface area contributed by atoms with Gasteiger partial charge in [-0.2, -0.15) is 9.97 Å². The molecule has 7 nitrogen and oxygen atoms in total. The smallest absolute Gasteiger partial charge is 0.324 e. The van der Waals surface area contributed by atoms with Crippen LogP contribution < -0.4 is 20.7 Å². The lowest BCUT2D eigenvalue weighted by Gasteiger charge is -2.15. The first-order valence-electron chi connectivity index (χ1n) is 7.21. The number of ether oxygens (including phenoxy) is 2. The predicted molar refractivity (Wildman–Crippen MR) is 77.6 cm³/mol. The fraction of sp³-hybridized carbons (Fsp3) is 0.769. The Labute approximate surface area is 120 Å². The van der Waals surface area contributed by atoms with Gasteiger partial charge < -0.3 is 9.47 Å². The largest absolute Gasteiger partial charge is 0.464 e. The summed E-state index contributed by atoms with van der Waals surface area (Å²) < 4.78 is 10.9. The molecule has 0 aromatic carbocycles. The van der Waals surface area contributed by atoms with Crippen LogP contribution in [-0.2, 0) is 0 Å². The fourth-order valence-electron chi connectivity index (χ4n) is 1.75. The Hall–Kier alpha value is -1.63. The van der Waals surface area contributed by atoms with Crippen molar-refractivity contribution in [1.29, 1.82) is 0 Å². The van der Waals surface area contributed by atoms with Crippen LogP contribution in [0.3, 0.4) is 0 Å². The van der Waals surface area contributed by atoms with Gasteiger partial charge in [0.25, 0.3) is 0 Å². The molecule has 7 heteroatoms. The van der Waals surface area contributed by atoms with Crippen LogP contribution in [-0.4, -0.2) is 28.2 Å². The first-order valence-corrected chi connectivity index (χ1v) is 7.21. The number of hydrogen-bond donors (Lipinski definition) is 2. The highest BCUT2D eigenvalue weighted by Crippen LogP contribution is 2.16. The summed E-state index contributed by atoms with van der Waals surface area (Å²) >= 11 is 0. The minimum Gasteiger partial charge on any atom is -0.464 e. The molecule has 3 N–H and O–H groups in total. The van der Waals surface area contributed by atoms with Gasteiger partial charge in [-0.3, -0.25) is 5.43 Å². The molecule has 0 saturated heterocycles. The quantitative estimate of drug-likeness (QED) is 0.501. The van der Waals surface area contributed by atoms with Crippen LogP contribution in [0.2, 0.25) is 0 Å². The van der Waals surface area contributed by atoms with E-state index in [9.17, 15) is 0 Å². The maximum atomic E-state index is 5.65. The first kappa shape index (κ1) is 16.4. The van der Waals surface area contributed by atoms with Crippen LogP contribution >= 0.6 is 0 Å². The summed E-state index contributed by atoms with van der Waals surface area (Å²) in [5.74, 6) is 6.06. The molecule has 0 spiro atoms. The van der Waals surface area contributed by atoms with Crippen molar-refractivity contribution < 1.29 is 9.47 Å². The van der Waals surface area contributed by atoms with Crippen LogP contribution in [0, 0.1) is 5.92 Å². The van der Waals surface area contributed by atoms with Gasteiger partial charge >= 0.3 is 12.0 Å². The van der Waals surface area contributed by atoms with Crippen LogP contribution in [0.25, 0.3) is 0 Å². The zero-order valence-electron chi connectivity index (χ0n) is 12.6. The van der Waals surface area contributed by atoms with Crippen LogP contribution in [0.5, 0.6) is 12.0 Å². The first-order chi connectivity index (χ1) is 9.73. The molecule has 114 valence electrons. The maximum Gasteiger partial charge on any atom is 0.324 e. The molecule has 1 heterocycles. The van der Waals surface area contributed by atoms with E-state index >= 15 is 0 Å². The molecule has 1 atom stereocenters. The Morgan fingerprint density at radius 2 is 1.80 bits per heavy atom. The van der Waals surface area contributed by atoms with Crippen LogP contribution in [0.4, 0.5) is 5.95 Å². The Kier molecular flexibility index (Phi) is 7.64. The molecule has 1 unspecified atom stereocenters. The zero-order chi connectivity index (χ0) is 14.8. The molecule has 1 aromatic heterocycles. The predicted octanol–water partition coefficient (Wildman–Crippen LogP) is 2.15. The molecule has 1 rings (SSSR count). The van der Waals surface area contributed by atoms with Crippen molar-refractivity contribution in [2.75, 3.05) is 18.6 Å². The van der Waals surface area contributed by atoms with E-state index in [1.54, 1.807) is 0 Å². The van der Waals surface area contributed by atoms with Gasteiger partial charge in [-0.25, -0.2) is 5.84 Å². The summed E-state index contributed by atoms with van der Waals surface area (Å²) in [7, 11) is 0. The van der Waals surface area contributed by atoms with E-state index in [2.05, 4.69) is 34.2 Å². The number of hydrazine groups is 1. The SMILES string of the molecule is CCCCC(CC)COc1nc(NN)nc(OCC)n1. The van der Waals surface area contributed by atoms with Gasteiger partial charge in [0.15, 0.2) is 0 Å². The topological polar surface area (TPSA) is 95.2 Å². The molecule has 20 heavy (non-hydrogen) atoms. The van der Waals surface area contributed by atoms with Crippen molar-refractivity contribution in [3.8, 4) is 12.0 Å². The Morgan fingerprint density at radius 3 is 2.35 bits per heavy atom. The Bertz CT molecular complexity index is 389. The van der Waals surface area contributed by atoms with E-state index in [1.165, 1.54) is 12.8 Å². The van der Waals surface area contributed by atoms with Crippen molar-refractivity contribution in [1.82, 2.24) is 15.0 Å². The lowest BCUT2D eigenvalue weighted by molar-refractivity contribution is 0.212. The van der Waals surface area contributed by atoms with Crippen LogP contribution in [0.1, 0.15) is 46.5 Å². The molecule has 0 amide bonds. The van der Waals surface area contributed by atoms with Crippen molar-refractivity contribution in [3.05, 3.63) is 0 Å². The molecule has 0 saturated carbocycles. The van der Waals surface area contributed by atoms with Gasteiger partial charge in [0, 0.05) is 0 Å². The standard InChI is InChI=1S/C13H25N5O2/c1-4-7-8-10(5-2)9-20-13-16-11(18-14)15-12(17-13)19-6-3/h10H,4-9,14H2,1-3H3,(H,15,16,17,18). The summed E-state index contributed by atoms with van der Waals surface area (Å²) in [5, 5.41) is 0. The third-order valence-corrected chi connectivity index (χ3v) is 2.99. The van der Waals surface area contributed by atoms with Crippen molar-refractivity contribution in [2.24, 2.45) is 11.8 Å². The number of rotatable bonds is 10. The van der Waals surface area contributed by atoms with E-state index in [4.69, 9.17) is 15.3 Å². The third-order valence-electron chi connectivity index (χ3n) is 2.99. The summed E-state index contributed by atoms with van der Waals surface area (Å²) in [6.45, 7) is 7.28. The molecule has 0 radical (unpaired) electrons. The second kappa shape index (κ2) is 9.30. The molecule has 0 fully saturated rings. The van der Waals surface area contributed by atoms with Gasteiger partial charge in [-0.05, 0) is 19.3 Å². The van der Waals surface area contributed by atoms with Gasteiger partial charge in [0.2, 0.25) is 5.95 Å². The van der Waals surface area contributed by atoms with E-state index in [1.807, 2.05) is 6.92 Å². The number of nitrogens with one attached hydrogen (secondary N) is 1. The highest BCUT2D eigenvalue weighted by atomic mass is 16.5. The van der Waals surface area contributed by atoms with E-state index < -0.39 is 0 Å². The van der Waals surface area contributed by atoms with E-state index in [0.29, 0.717) is 19.1 Å². The normalized spacial score (nSPS) is 12.0. The van der Waals surface area contributed by atoms with E-state index in [0.717, 1.165) is 12.8 Å². The summed E-state index contributed by atoms with van der Waals surface area (Å²) in [5.41, 5.74) is 2.38. The minimum atomic E-state index is 0.215. The van der Waals surface area contributed by atoms with Gasteiger partial charge in [-0.1, -0.05) is 33.1 Å². The summed E-state index contributed by atoms with van der Waals surface area (Å²) in [6.07, 6.45) is 4.63. The monoisotopic (exact) mass is 283 g/mol. The molecule has 0 bridgehead atoms. The van der Waals surface area contributed by atoms with Gasteiger partial charge in [0.05, 0.1) is 13.2 Å². The highest BCUT2D eigenvalue weighted by molar-refractivity contribution is 5.25. The number of hydrogen-bond acceptors (Lipinski definition) is 7. The number of nitrogens with two attached hydrogens (primary N) is 1.